The first kappa shape index (κ1) is 20.1. The summed E-state index contributed by atoms with van der Waals surface area (Å²) in [5.74, 6) is 0. The van der Waals surface area contributed by atoms with E-state index in [4.69, 9.17) is 0 Å². The highest BCUT2D eigenvalue weighted by molar-refractivity contribution is 7.98. The van der Waals surface area contributed by atoms with Crippen molar-refractivity contribution in [2.75, 3.05) is 0 Å². The summed E-state index contributed by atoms with van der Waals surface area (Å²) in [6.07, 6.45) is 4.50. The molecule has 0 aliphatic heterocycles. The molecular formula is C20H20S8. The number of hydrogen-bond donors (Lipinski definition) is 0. The van der Waals surface area contributed by atoms with E-state index >= 15 is 0 Å². The van der Waals surface area contributed by atoms with Crippen molar-refractivity contribution in [2.24, 2.45) is 0 Å². The molecule has 0 fully saturated rings. The van der Waals surface area contributed by atoms with Crippen LogP contribution in [0.25, 0.3) is 37.6 Å². The largest absolute Gasteiger partial charge is 0.133 e. The molecule has 0 bridgehead atoms. The lowest BCUT2D eigenvalue weighted by atomic mass is 10.1. The Bertz CT molecular complexity index is 1160. The maximum atomic E-state index is 2.33. The minimum Gasteiger partial charge on any atom is -0.133 e. The molecular weight excluding hydrogens is 497 g/mol. The van der Waals surface area contributed by atoms with Crippen molar-refractivity contribution in [1.29, 1.82) is 0 Å². The van der Waals surface area contributed by atoms with Crippen LogP contribution in [0.3, 0.4) is 0 Å². The Morgan fingerprint density at radius 1 is 0.393 bits per heavy atom. The zero-order valence-electron chi connectivity index (χ0n) is 16.1. The van der Waals surface area contributed by atoms with Crippen molar-refractivity contribution < 1.29 is 0 Å². The molecule has 0 aliphatic carbocycles. The third-order valence-electron chi connectivity index (χ3n) is 5.31. The minimum absolute atomic E-state index is 1.12. The predicted molar refractivity (Wildman–Crippen MR) is 143 cm³/mol. The van der Waals surface area contributed by atoms with Gasteiger partial charge in [0.25, 0.3) is 0 Å². The van der Waals surface area contributed by atoms with E-state index in [1.54, 1.807) is 59.9 Å². The lowest BCUT2D eigenvalue weighted by Gasteiger charge is -2.15. The van der Waals surface area contributed by atoms with Gasteiger partial charge in [0.15, 0.2) is 0 Å². The maximum absolute atomic E-state index is 2.33. The van der Waals surface area contributed by atoms with Crippen LogP contribution in [0.5, 0.6) is 0 Å². The van der Waals surface area contributed by atoms with Crippen LogP contribution in [-0.2, 0) is 25.7 Å². The summed E-state index contributed by atoms with van der Waals surface area (Å²) in [4.78, 5) is 0. The number of hydrogen-bond acceptors (Lipinski definition) is 8. The van der Waals surface area contributed by atoms with Gasteiger partial charge in [0.1, 0.15) is 0 Å². The first-order valence-corrected chi connectivity index (χ1v) is 18.1. The third kappa shape index (κ3) is 2.87. The van der Waals surface area contributed by atoms with E-state index < -0.39 is 0 Å². The van der Waals surface area contributed by atoms with Gasteiger partial charge < -0.3 is 0 Å². The van der Waals surface area contributed by atoms with E-state index in [0.29, 0.717) is 0 Å². The van der Waals surface area contributed by atoms with E-state index in [1.807, 2.05) is 60.0 Å². The molecule has 0 spiro atoms. The van der Waals surface area contributed by atoms with Crippen molar-refractivity contribution >= 4 is 120 Å². The molecule has 3 aromatic heterocycles. The van der Waals surface area contributed by atoms with Gasteiger partial charge in [-0.1, -0.05) is 69.1 Å². The van der Waals surface area contributed by atoms with E-state index in [0.717, 1.165) is 25.7 Å². The average Bonchev–Trinajstić information content (AvgIpc) is 3.38. The van der Waals surface area contributed by atoms with E-state index in [2.05, 4.69) is 50.4 Å². The SMILES string of the molecule is CCc1c2sssc2c(CC)c2sc3c(CC)c4sssc4c(CC)c3sc12. The Balaban J connectivity index is 2.09. The average molecular weight is 517 g/mol. The molecule has 0 N–H and O–H groups in total. The number of fused-ring (bicyclic) bond motifs is 4. The highest BCUT2D eigenvalue weighted by atomic mass is 33.2. The van der Waals surface area contributed by atoms with E-state index in [9.17, 15) is 0 Å². The zero-order valence-corrected chi connectivity index (χ0v) is 22.6. The molecule has 0 unspecified atom stereocenters. The lowest BCUT2D eigenvalue weighted by molar-refractivity contribution is 1.16. The van der Waals surface area contributed by atoms with E-state index in [1.165, 1.54) is 0 Å². The molecule has 0 radical (unpaired) electrons. The van der Waals surface area contributed by atoms with Gasteiger partial charge in [0, 0.05) is 18.8 Å². The monoisotopic (exact) mass is 516 g/mol. The Labute approximate surface area is 194 Å². The van der Waals surface area contributed by atoms with Gasteiger partial charge in [-0.2, -0.15) is 0 Å². The summed E-state index contributed by atoms with van der Waals surface area (Å²) in [5.41, 5.74) is 6.35. The highest BCUT2D eigenvalue weighted by Crippen LogP contribution is 2.50. The number of aryl methyl sites for hydroxylation is 4. The van der Waals surface area contributed by atoms with Crippen LogP contribution in [0, 0.1) is 0 Å². The van der Waals surface area contributed by atoms with Crippen molar-refractivity contribution in [2.45, 2.75) is 53.4 Å². The number of rotatable bonds is 4. The molecule has 0 nitrogen and oxygen atoms in total. The topological polar surface area (TPSA) is 0 Å². The molecule has 2 aromatic carbocycles. The summed E-state index contributed by atoms with van der Waals surface area (Å²) < 4.78 is 12.5. The fraction of sp³-hybridized carbons (Fsp3) is 0.400. The van der Waals surface area contributed by atoms with Crippen LogP contribution < -0.4 is 0 Å². The number of benzene rings is 2. The first-order chi connectivity index (χ1) is 13.7. The van der Waals surface area contributed by atoms with Crippen molar-refractivity contribution in [3.05, 3.63) is 22.3 Å². The standard InChI is InChI=1S/C20H20S8/c1-5-9-13-14(10(6-2)18-17(9)23-27-24-18)22-16-12(8-4)20-19(25-28-26-20)11(7-3)15(16)21-13/h5-8H2,1-4H3. The minimum atomic E-state index is 1.12. The molecule has 5 aromatic rings. The summed E-state index contributed by atoms with van der Waals surface area (Å²) in [6.45, 7) is 9.34. The maximum Gasteiger partial charge on any atom is 0.0615 e. The molecule has 5 rings (SSSR count). The van der Waals surface area contributed by atoms with Gasteiger partial charge in [-0.3, -0.25) is 0 Å². The van der Waals surface area contributed by atoms with Crippen LogP contribution in [0.1, 0.15) is 49.9 Å². The fourth-order valence-electron chi connectivity index (χ4n) is 3.95. The summed E-state index contributed by atoms with van der Waals surface area (Å²) in [6, 6.07) is 0. The van der Waals surface area contributed by atoms with Crippen LogP contribution in [0.15, 0.2) is 0 Å². The van der Waals surface area contributed by atoms with Crippen LogP contribution in [0.4, 0.5) is 0 Å². The van der Waals surface area contributed by atoms with Crippen LogP contribution in [-0.4, -0.2) is 0 Å². The van der Waals surface area contributed by atoms with Crippen LogP contribution >= 0.6 is 82.7 Å². The molecule has 0 aliphatic rings. The first-order valence-electron chi connectivity index (χ1n) is 9.54. The van der Waals surface area contributed by atoms with Gasteiger partial charge in [0.05, 0.1) is 18.8 Å². The molecule has 0 saturated carbocycles. The molecule has 0 saturated heterocycles. The van der Waals surface area contributed by atoms with Gasteiger partial charge >= 0.3 is 0 Å². The molecule has 0 atom stereocenters. The normalized spacial score (nSPS) is 12.1. The predicted octanol–water partition coefficient (Wildman–Crippen LogP) is 10.7. The smallest absolute Gasteiger partial charge is 0.0615 e. The van der Waals surface area contributed by atoms with Gasteiger partial charge in [-0.15, -0.1) is 22.7 Å². The second-order valence-electron chi connectivity index (χ2n) is 6.63. The zero-order chi connectivity index (χ0) is 19.4. The van der Waals surface area contributed by atoms with Gasteiger partial charge in [0.2, 0.25) is 0 Å². The Hall–Kier alpha value is 0.200. The van der Waals surface area contributed by atoms with Gasteiger partial charge in [-0.25, -0.2) is 0 Å². The van der Waals surface area contributed by atoms with Crippen LogP contribution in [0.2, 0.25) is 0 Å². The Morgan fingerprint density at radius 2 is 0.643 bits per heavy atom. The Morgan fingerprint density at radius 3 is 0.857 bits per heavy atom. The third-order valence-corrected chi connectivity index (χ3v) is 16.5. The quantitative estimate of drug-likeness (QED) is 0.164. The van der Waals surface area contributed by atoms with Crippen molar-refractivity contribution in [1.82, 2.24) is 0 Å². The summed E-state index contributed by atoms with van der Waals surface area (Å²) >= 11 is 4.18. The summed E-state index contributed by atoms with van der Waals surface area (Å²) in [7, 11) is 11.8. The molecule has 8 heteroatoms. The van der Waals surface area contributed by atoms with E-state index in [-0.39, 0.29) is 0 Å². The molecule has 28 heavy (non-hydrogen) atoms. The second kappa shape index (κ2) is 8.04. The molecule has 148 valence electrons. The Kier molecular flexibility index (Phi) is 5.78. The summed E-state index contributed by atoms with van der Waals surface area (Å²) in [5, 5.41) is 0. The highest BCUT2D eigenvalue weighted by Gasteiger charge is 2.21. The van der Waals surface area contributed by atoms with Gasteiger partial charge in [-0.05, 0) is 66.6 Å². The lowest BCUT2D eigenvalue weighted by Crippen LogP contribution is -1.92. The molecule has 3 heterocycles. The van der Waals surface area contributed by atoms with Crippen molar-refractivity contribution in [3.8, 4) is 0 Å². The fourth-order valence-corrected chi connectivity index (χ4v) is 17.4. The molecule has 0 amide bonds. The van der Waals surface area contributed by atoms with Crippen molar-refractivity contribution in [3.63, 3.8) is 0 Å². The second-order valence-corrected chi connectivity index (χ2v) is 16.5.